The quantitative estimate of drug-likeness (QED) is 0.775. The summed E-state index contributed by atoms with van der Waals surface area (Å²) in [4.78, 5) is 3.67. The fourth-order valence-electron chi connectivity index (χ4n) is 1.54. The first kappa shape index (κ1) is 14.9. The summed E-state index contributed by atoms with van der Waals surface area (Å²) in [7, 11) is 2.13. The summed E-state index contributed by atoms with van der Waals surface area (Å²) < 4.78 is 1.17. The minimum atomic E-state index is 0.519. The molecular formula is C13H21BrN2S. The fourth-order valence-corrected chi connectivity index (χ4v) is 3.07. The van der Waals surface area contributed by atoms with Crippen LogP contribution in [0.5, 0.6) is 0 Å². The van der Waals surface area contributed by atoms with Crippen molar-refractivity contribution in [2.75, 3.05) is 20.1 Å². The summed E-state index contributed by atoms with van der Waals surface area (Å²) in [5.74, 6) is 0. The fraction of sp³-hybridized carbons (Fsp3) is 0.538. The van der Waals surface area contributed by atoms with Crippen molar-refractivity contribution in [3.63, 3.8) is 0 Å². The standard InChI is InChI=1S/C13H21BrN2S/c1-10(2)15-6-11(3)7-16(4)8-13-5-12(14)9-17-13/h5,9-10,15H,3,6-8H2,1-2,4H3. The van der Waals surface area contributed by atoms with E-state index in [1.807, 2.05) is 0 Å². The van der Waals surface area contributed by atoms with Crippen molar-refractivity contribution in [3.8, 4) is 0 Å². The molecule has 0 spiro atoms. The Morgan fingerprint density at radius 2 is 2.29 bits per heavy atom. The first-order chi connectivity index (χ1) is 7.97. The summed E-state index contributed by atoms with van der Waals surface area (Å²) in [6, 6.07) is 2.70. The van der Waals surface area contributed by atoms with E-state index >= 15 is 0 Å². The second-order valence-corrected chi connectivity index (χ2v) is 6.60. The van der Waals surface area contributed by atoms with E-state index in [0.29, 0.717) is 6.04 Å². The van der Waals surface area contributed by atoms with E-state index in [1.54, 1.807) is 11.3 Å². The molecule has 0 amide bonds. The molecule has 4 heteroatoms. The molecule has 0 saturated heterocycles. The van der Waals surface area contributed by atoms with Gasteiger partial charge in [0.2, 0.25) is 0 Å². The Morgan fingerprint density at radius 3 is 2.82 bits per heavy atom. The highest BCUT2D eigenvalue weighted by Gasteiger charge is 2.05. The van der Waals surface area contributed by atoms with E-state index < -0.39 is 0 Å². The van der Waals surface area contributed by atoms with Crippen molar-refractivity contribution in [3.05, 3.63) is 32.9 Å². The van der Waals surface area contributed by atoms with Crippen LogP contribution in [0.3, 0.4) is 0 Å². The molecular weight excluding hydrogens is 296 g/mol. The normalized spacial score (nSPS) is 11.4. The van der Waals surface area contributed by atoms with Crippen LogP contribution in [0.25, 0.3) is 0 Å². The Morgan fingerprint density at radius 1 is 1.59 bits per heavy atom. The summed E-state index contributed by atoms with van der Waals surface area (Å²) >= 11 is 5.27. The smallest absolute Gasteiger partial charge is 0.0328 e. The Kier molecular flexibility index (Phi) is 6.41. The van der Waals surface area contributed by atoms with Gasteiger partial charge in [-0.2, -0.15) is 0 Å². The summed E-state index contributed by atoms with van der Waals surface area (Å²) in [5.41, 5.74) is 1.23. The molecule has 96 valence electrons. The minimum absolute atomic E-state index is 0.519. The van der Waals surface area contributed by atoms with Gasteiger partial charge in [0.1, 0.15) is 0 Å². The van der Waals surface area contributed by atoms with Gasteiger partial charge in [-0.25, -0.2) is 0 Å². The second-order valence-electron chi connectivity index (χ2n) is 4.69. The molecule has 1 heterocycles. The average Bonchev–Trinajstić information content (AvgIpc) is 2.60. The van der Waals surface area contributed by atoms with Gasteiger partial charge in [0, 0.05) is 40.4 Å². The maximum Gasteiger partial charge on any atom is 0.0328 e. The number of thiophene rings is 1. The molecule has 0 aliphatic carbocycles. The van der Waals surface area contributed by atoms with Crippen LogP contribution in [-0.4, -0.2) is 31.1 Å². The third-order valence-corrected chi connectivity index (χ3v) is 3.98. The van der Waals surface area contributed by atoms with Crippen LogP contribution in [0.2, 0.25) is 0 Å². The molecule has 0 bridgehead atoms. The van der Waals surface area contributed by atoms with Gasteiger partial charge in [-0.3, -0.25) is 4.90 Å². The van der Waals surface area contributed by atoms with Crippen molar-refractivity contribution in [2.24, 2.45) is 0 Å². The Hall–Kier alpha value is -0.160. The zero-order chi connectivity index (χ0) is 12.8. The minimum Gasteiger partial charge on any atom is -0.311 e. The molecule has 0 aliphatic heterocycles. The van der Waals surface area contributed by atoms with Gasteiger partial charge >= 0.3 is 0 Å². The van der Waals surface area contributed by atoms with E-state index in [2.05, 4.69) is 65.1 Å². The Bertz CT molecular complexity index is 360. The monoisotopic (exact) mass is 316 g/mol. The highest BCUT2D eigenvalue weighted by atomic mass is 79.9. The van der Waals surface area contributed by atoms with Gasteiger partial charge < -0.3 is 5.32 Å². The molecule has 17 heavy (non-hydrogen) atoms. The Labute approximate surface area is 117 Å². The number of nitrogens with zero attached hydrogens (tertiary/aromatic N) is 1. The number of rotatable bonds is 7. The lowest BCUT2D eigenvalue weighted by molar-refractivity contribution is 0.354. The third kappa shape index (κ3) is 6.36. The second kappa shape index (κ2) is 7.31. The van der Waals surface area contributed by atoms with Crippen molar-refractivity contribution in [1.29, 1.82) is 0 Å². The lowest BCUT2D eigenvalue weighted by atomic mass is 10.2. The van der Waals surface area contributed by atoms with Gasteiger partial charge in [0.15, 0.2) is 0 Å². The maximum atomic E-state index is 4.10. The van der Waals surface area contributed by atoms with Crippen LogP contribution < -0.4 is 5.32 Å². The molecule has 2 nitrogen and oxygen atoms in total. The molecule has 0 saturated carbocycles. The van der Waals surface area contributed by atoms with Gasteiger partial charge in [-0.15, -0.1) is 11.3 Å². The van der Waals surface area contributed by atoms with Crippen molar-refractivity contribution in [2.45, 2.75) is 26.4 Å². The number of hydrogen-bond acceptors (Lipinski definition) is 3. The van der Waals surface area contributed by atoms with Gasteiger partial charge in [0.25, 0.3) is 0 Å². The average molecular weight is 317 g/mol. The van der Waals surface area contributed by atoms with Crippen LogP contribution >= 0.6 is 27.3 Å². The van der Waals surface area contributed by atoms with Crippen LogP contribution in [0.15, 0.2) is 28.1 Å². The highest BCUT2D eigenvalue weighted by molar-refractivity contribution is 9.10. The van der Waals surface area contributed by atoms with E-state index in [4.69, 9.17) is 0 Å². The molecule has 1 rings (SSSR count). The molecule has 0 aromatic carbocycles. The first-order valence-electron chi connectivity index (χ1n) is 5.79. The van der Waals surface area contributed by atoms with Gasteiger partial charge in [-0.1, -0.05) is 20.4 Å². The number of halogens is 1. The third-order valence-electron chi connectivity index (χ3n) is 2.30. The van der Waals surface area contributed by atoms with Gasteiger partial charge in [-0.05, 0) is 34.6 Å². The number of nitrogens with one attached hydrogen (secondary N) is 1. The van der Waals surface area contributed by atoms with Crippen LogP contribution in [0, 0.1) is 0 Å². The van der Waals surface area contributed by atoms with Crippen LogP contribution in [-0.2, 0) is 6.54 Å². The van der Waals surface area contributed by atoms with E-state index in [0.717, 1.165) is 19.6 Å². The molecule has 0 aliphatic rings. The molecule has 1 aromatic heterocycles. The summed E-state index contributed by atoms with van der Waals surface area (Å²) in [6.45, 7) is 11.2. The molecule has 1 aromatic rings. The zero-order valence-corrected chi connectivity index (χ0v) is 13.2. The van der Waals surface area contributed by atoms with Gasteiger partial charge in [0.05, 0.1) is 0 Å². The number of likely N-dealkylation sites (N-methyl/N-ethyl adjacent to an activating group) is 1. The Balaban J connectivity index is 2.29. The zero-order valence-electron chi connectivity index (χ0n) is 10.8. The van der Waals surface area contributed by atoms with E-state index in [1.165, 1.54) is 14.9 Å². The highest BCUT2D eigenvalue weighted by Crippen LogP contribution is 2.20. The van der Waals surface area contributed by atoms with E-state index in [-0.39, 0.29) is 0 Å². The largest absolute Gasteiger partial charge is 0.311 e. The lowest BCUT2D eigenvalue weighted by Crippen LogP contribution is -2.29. The topological polar surface area (TPSA) is 15.3 Å². The van der Waals surface area contributed by atoms with Crippen molar-refractivity contribution >= 4 is 27.3 Å². The molecule has 0 unspecified atom stereocenters. The lowest BCUT2D eigenvalue weighted by Gasteiger charge is -2.18. The SMILES string of the molecule is C=C(CNC(C)C)CN(C)Cc1cc(Br)cs1. The molecule has 0 atom stereocenters. The van der Waals surface area contributed by atoms with Crippen LogP contribution in [0.4, 0.5) is 0 Å². The number of hydrogen-bond donors (Lipinski definition) is 1. The maximum absolute atomic E-state index is 4.10. The predicted molar refractivity (Wildman–Crippen MR) is 80.6 cm³/mol. The van der Waals surface area contributed by atoms with Crippen molar-refractivity contribution in [1.82, 2.24) is 10.2 Å². The van der Waals surface area contributed by atoms with Crippen molar-refractivity contribution < 1.29 is 0 Å². The summed E-state index contributed by atoms with van der Waals surface area (Å²) in [5, 5.41) is 5.51. The first-order valence-corrected chi connectivity index (χ1v) is 7.46. The molecule has 1 N–H and O–H groups in total. The van der Waals surface area contributed by atoms with E-state index in [9.17, 15) is 0 Å². The predicted octanol–water partition coefficient (Wildman–Crippen LogP) is 3.50. The molecule has 0 fully saturated rings. The molecule has 0 radical (unpaired) electrons. The van der Waals surface area contributed by atoms with Crippen LogP contribution in [0.1, 0.15) is 18.7 Å². The summed E-state index contributed by atoms with van der Waals surface area (Å²) in [6.07, 6.45) is 0.